The number of rotatable bonds is 3. The van der Waals surface area contributed by atoms with E-state index in [0.29, 0.717) is 6.42 Å². The second kappa shape index (κ2) is 4.99. The van der Waals surface area contributed by atoms with Crippen LogP contribution < -0.4 is 11.1 Å². The predicted octanol–water partition coefficient (Wildman–Crippen LogP) is -0.843. The van der Waals surface area contributed by atoms with Gasteiger partial charge in [-0.2, -0.15) is 0 Å². The van der Waals surface area contributed by atoms with Gasteiger partial charge >= 0.3 is 0 Å². The number of nitrogens with one attached hydrogen (secondary N) is 1. The summed E-state index contributed by atoms with van der Waals surface area (Å²) in [5.41, 5.74) is 5.57. The van der Waals surface area contributed by atoms with Gasteiger partial charge < -0.3 is 16.0 Å². The van der Waals surface area contributed by atoms with Crippen molar-refractivity contribution < 1.29 is 4.79 Å². The van der Waals surface area contributed by atoms with E-state index in [2.05, 4.69) is 16.1 Å². The van der Waals surface area contributed by atoms with Gasteiger partial charge in [0.2, 0.25) is 5.91 Å². The van der Waals surface area contributed by atoms with Gasteiger partial charge in [-0.15, -0.1) is 12.3 Å². The maximum absolute atomic E-state index is 11.4. The zero-order chi connectivity index (χ0) is 10.6. The molecule has 78 valence electrons. The van der Waals surface area contributed by atoms with Crippen molar-refractivity contribution in [2.45, 2.75) is 24.9 Å². The topological polar surface area (TPSA) is 58.4 Å². The molecule has 4 heteroatoms. The number of hydrogen-bond donors (Lipinski definition) is 2. The normalized spacial score (nSPS) is 24.2. The Labute approximate surface area is 84.8 Å². The molecule has 0 saturated carbocycles. The lowest BCUT2D eigenvalue weighted by Crippen LogP contribution is -2.45. The summed E-state index contributed by atoms with van der Waals surface area (Å²) < 4.78 is 0. The molecule has 1 aliphatic rings. The standard InChI is InChI=1S/C10H17N3O/c1-3-4-9(11)10(14)12-8-5-6-13(2)7-8/h1,8-9H,4-7,11H2,2H3,(H,12,14). The van der Waals surface area contributed by atoms with Crippen molar-refractivity contribution in [1.82, 2.24) is 10.2 Å². The van der Waals surface area contributed by atoms with E-state index in [0.717, 1.165) is 19.5 Å². The van der Waals surface area contributed by atoms with Crippen molar-refractivity contribution >= 4 is 5.91 Å². The van der Waals surface area contributed by atoms with Crippen molar-refractivity contribution in [3.63, 3.8) is 0 Å². The molecule has 1 amide bonds. The third-order valence-corrected chi connectivity index (χ3v) is 2.41. The zero-order valence-electron chi connectivity index (χ0n) is 8.49. The summed E-state index contributed by atoms with van der Waals surface area (Å²) in [6, 6.07) is -0.331. The lowest BCUT2D eigenvalue weighted by atomic mass is 10.2. The van der Waals surface area contributed by atoms with Crippen molar-refractivity contribution in [2.24, 2.45) is 5.73 Å². The van der Waals surface area contributed by atoms with Gasteiger partial charge in [0.25, 0.3) is 0 Å². The maximum Gasteiger partial charge on any atom is 0.238 e. The summed E-state index contributed by atoms with van der Waals surface area (Å²) in [4.78, 5) is 13.6. The summed E-state index contributed by atoms with van der Waals surface area (Å²) in [6.45, 7) is 1.92. The lowest BCUT2D eigenvalue weighted by Gasteiger charge is -2.15. The fourth-order valence-corrected chi connectivity index (χ4v) is 1.58. The number of nitrogens with zero attached hydrogens (tertiary/aromatic N) is 1. The Bertz CT molecular complexity index is 246. The fourth-order valence-electron chi connectivity index (χ4n) is 1.58. The van der Waals surface area contributed by atoms with Crippen LogP contribution in [0.4, 0.5) is 0 Å². The highest BCUT2D eigenvalue weighted by Gasteiger charge is 2.22. The number of likely N-dealkylation sites (N-methyl/N-ethyl adjacent to an activating group) is 1. The molecule has 1 fully saturated rings. The van der Waals surface area contributed by atoms with E-state index in [9.17, 15) is 4.79 Å². The van der Waals surface area contributed by atoms with Gasteiger partial charge in [-0.3, -0.25) is 4.79 Å². The Morgan fingerprint density at radius 3 is 3.07 bits per heavy atom. The van der Waals surface area contributed by atoms with Crippen molar-refractivity contribution in [2.75, 3.05) is 20.1 Å². The monoisotopic (exact) mass is 195 g/mol. The number of likely N-dealkylation sites (tertiary alicyclic amines) is 1. The van der Waals surface area contributed by atoms with Gasteiger partial charge in [-0.1, -0.05) is 0 Å². The molecule has 1 aliphatic heterocycles. The van der Waals surface area contributed by atoms with Crippen LogP contribution in [0.3, 0.4) is 0 Å². The van der Waals surface area contributed by atoms with E-state index >= 15 is 0 Å². The molecule has 0 aromatic heterocycles. The quantitative estimate of drug-likeness (QED) is 0.577. The van der Waals surface area contributed by atoms with E-state index in [1.165, 1.54) is 0 Å². The van der Waals surface area contributed by atoms with Gasteiger partial charge in [0.15, 0.2) is 0 Å². The minimum Gasteiger partial charge on any atom is -0.351 e. The largest absolute Gasteiger partial charge is 0.351 e. The van der Waals surface area contributed by atoms with E-state index in [4.69, 9.17) is 12.2 Å². The molecule has 0 aromatic carbocycles. The molecule has 14 heavy (non-hydrogen) atoms. The third kappa shape index (κ3) is 3.02. The van der Waals surface area contributed by atoms with Gasteiger partial charge in [-0.25, -0.2) is 0 Å². The minimum absolute atomic E-state index is 0.136. The van der Waals surface area contributed by atoms with Crippen LogP contribution in [0.25, 0.3) is 0 Å². The average Bonchev–Trinajstić information content (AvgIpc) is 2.51. The molecular weight excluding hydrogens is 178 g/mol. The smallest absolute Gasteiger partial charge is 0.238 e. The van der Waals surface area contributed by atoms with Crippen LogP contribution in [0.15, 0.2) is 0 Å². The second-order valence-corrected chi connectivity index (χ2v) is 3.77. The average molecular weight is 195 g/mol. The Morgan fingerprint density at radius 2 is 2.57 bits per heavy atom. The van der Waals surface area contributed by atoms with Crippen molar-refractivity contribution in [1.29, 1.82) is 0 Å². The Kier molecular flexibility index (Phi) is 3.93. The first kappa shape index (κ1) is 11.0. The maximum atomic E-state index is 11.4. The summed E-state index contributed by atoms with van der Waals surface area (Å²) in [5, 5.41) is 2.89. The van der Waals surface area contributed by atoms with Crippen LogP contribution in [0.5, 0.6) is 0 Å². The first-order chi connectivity index (χ1) is 6.63. The number of amides is 1. The zero-order valence-corrected chi connectivity index (χ0v) is 8.49. The number of carbonyl (C=O) groups is 1. The van der Waals surface area contributed by atoms with Crippen LogP contribution in [-0.4, -0.2) is 43.0 Å². The number of terminal acetylenes is 1. The summed E-state index contributed by atoms with van der Waals surface area (Å²) in [7, 11) is 2.04. The first-order valence-electron chi connectivity index (χ1n) is 4.81. The molecule has 3 N–H and O–H groups in total. The molecule has 0 aliphatic carbocycles. The SMILES string of the molecule is C#CCC(N)C(=O)NC1CCN(C)C1. The van der Waals surface area contributed by atoms with Gasteiger partial charge in [0, 0.05) is 19.0 Å². The number of hydrogen-bond acceptors (Lipinski definition) is 3. The van der Waals surface area contributed by atoms with Crippen LogP contribution >= 0.6 is 0 Å². The predicted molar refractivity (Wildman–Crippen MR) is 55.5 cm³/mol. The minimum atomic E-state index is -0.564. The molecule has 1 heterocycles. The van der Waals surface area contributed by atoms with Crippen molar-refractivity contribution in [3.8, 4) is 12.3 Å². The molecule has 0 bridgehead atoms. The fraction of sp³-hybridized carbons (Fsp3) is 0.700. The number of carbonyl (C=O) groups excluding carboxylic acids is 1. The Hall–Kier alpha value is -1.05. The summed E-state index contributed by atoms with van der Waals surface area (Å²) >= 11 is 0. The molecule has 0 spiro atoms. The van der Waals surface area contributed by atoms with Crippen LogP contribution in [0, 0.1) is 12.3 Å². The summed E-state index contributed by atoms with van der Waals surface area (Å²) in [5.74, 6) is 2.25. The number of nitrogens with two attached hydrogens (primary N) is 1. The van der Waals surface area contributed by atoms with Crippen molar-refractivity contribution in [3.05, 3.63) is 0 Å². The molecule has 2 atom stereocenters. The van der Waals surface area contributed by atoms with Gasteiger partial charge in [0.05, 0.1) is 6.04 Å². The highest BCUT2D eigenvalue weighted by Crippen LogP contribution is 2.06. The van der Waals surface area contributed by atoms with Gasteiger partial charge in [0.1, 0.15) is 0 Å². The van der Waals surface area contributed by atoms with Gasteiger partial charge in [-0.05, 0) is 20.0 Å². The Balaban J connectivity index is 2.30. The highest BCUT2D eigenvalue weighted by atomic mass is 16.2. The Morgan fingerprint density at radius 1 is 1.86 bits per heavy atom. The molecular formula is C10H17N3O. The third-order valence-electron chi connectivity index (χ3n) is 2.41. The lowest BCUT2D eigenvalue weighted by molar-refractivity contribution is -0.122. The molecule has 0 aromatic rings. The second-order valence-electron chi connectivity index (χ2n) is 3.77. The molecule has 2 unspecified atom stereocenters. The molecule has 0 radical (unpaired) electrons. The van der Waals surface area contributed by atoms with Crippen LogP contribution in [0.1, 0.15) is 12.8 Å². The highest BCUT2D eigenvalue weighted by molar-refractivity contribution is 5.82. The van der Waals surface area contributed by atoms with E-state index < -0.39 is 6.04 Å². The van der Waals surface area contributed by atoms with E-state index in [1.807, 2.05) is 7.05 Å². The van der Waals surface area contributed by atoms with E-state index in [-0.39, 0.29) is 11.9 Å². The molecule has 1 rings (SSSR count). The van der Waals surface area contributed by atoms with Crippen LogP contribution in [-0.2, 0) is 4.79 Å². The first-order valence-corrected chi connectivity index (χ1v) is 4.81. The van der Waals surface area contributed by atoms with E-state index in [1.54, 1.807) is 0 Å². The summed E-state index contributed by atoms with van der Waals surface area (Å²) in [6.07, 6.45) is 6.37. The molecule has 4 nitrogen and oxygen atoms in total. The van der Waals surface area contributed by atoms with Crippen LogP contribution in [0.2, 0.25) is 0 Å². The molecule has 1 saturated heterocycles.